The normalized spacial score (nSPS) is 15.0. The number of ketones is 1. The summed E-state index contributed by atoms with van der Waals surface area (Å²) in [6.07, 6.45) is 0.666. The Balaban J connectivity index is 3.92. The summed E-state index contributed by atoms with van der Waals surface area (Å²) in [7, 11) is 0. The second-order valence-corrected chi connectivity index (χ2v) is 3.39. The van der Waals surface area contributed by atoms with Crippen LogP contribution in [0, 0.1) is 0 Å². The maximum absolute atomic E-state index is 11.1. The number of Topliss-reactive ketones (excluding diaryl/α,β-unsaturated/α-hetero) is 1. The largest absolute Gasteiger partial charge is 0.346 e. The molecular weight excluding hydrogens is 174 g/mol. The molecule has 12 heavy (non-hydrogen) atoms. The Morgan fingerprint density at radius 3 is 2.33 bits per heavy atom. The quantitative estimate of drug-likeness (QED) is 0.642. The van der Waals surface area contributed by atoms with Gasteiger partial charge in [-0.25, -0.2) is 0 Å². The van der Waals surface area contributed by atoms with E-state index in [0.29, 0.717) is 6.42 Å². The van der Waals surface area contributed by atoms with Crippen molar-refractivity contribution in [1.29, 1.82) is 0 Å². The number of rotatable bonds is 4. The third kappa shape index (κ3) is 3.76. The van der Waals surface area contributed by atoms with Gasteiger partial charge in [-0.3, -0.25) is 9.59 Å². The van der Waals surface area contributed by atoms with Crippen molar-refractivity contribution < 1.29 is 9.59 Å². The Bertz CT molecular complexity index is 182. The van der Waals surface area contributed by atoms with Crippen LogP contribution in [0.3, 0.4) is 0 Å². The summed E-state index contributed by atoms with van der Waals surface area (Å²) in [6, 6.07) is -0.404. The van der Waals surface area contributed by atoms with E-state index in [9.17, 15) is 9.59 Å². The molecule has 0 aliphatic rings. The number of hydrogen-bond donors (Lipinski definition) is 2. The molecule has 0 aromatic rings. The zero-order valence-corrected chi connectivity index (χ0v) is 8.52. The highest BCUT2D eigenvalue weighted by Gasteiger charge is 2.15. The lowest BCUT2D eigenvalue weighted by Crippen LogP contribution is -2.41. The standard InChI is InChI=1S/C8H15NO2S/c1-4-7(12)8(11)9-5(2)6(3)10/h5,7,12H,4H2,1-3H3,(H,9,11). The first kappa shape index (κ1) is 11.5. The number of carbonyl (C=O) groups is 2. The fraction of sp³-hybridized carbons (Fsp3) is 0.750. The SMILES string of the molecule is CCC(S)C(=O)NC(C)C(C)=O. The highest BCUT2D eigenvalue weighted by Crippen LogP contribution is 2.00. The van der Waals surface area contributed by atoms with Crippen LogP contribution in [0.15, 0.2) is 0 Å². The molecular formula is C8H15NO2S. The first-order chi connectivity index (χ1) is 5.49. The molecule has 0 rings (SSSR count). The Hall–Kier alpha value is -0.510. The summed E-state index contributed by atoms with van der Waals surface area (Å²) in [4.78, 5) is 21.9. The summed E-state index contributed by atoms with van der Waals surface area (Å²) >= 11 is 4.04. The van der Waals surface area contributed by atoms with E-state index in [4.69, 9.17) is 0 Å². The van der Waals surface area contributed by atoms with Gasteiger partial charge in [-0.1, -0.05) is 6.92 Å². The van der Waals surface area contributed by atoms with Crippen LogP contribution in [0.25, 0.3) is 0 Å². The summed E-state index contributed by atoms with van der Waals surface area (Å²) in [5, 5.41) is 2.25. The fourth-order valence-electron chi connectivity index (χ4n) is 0.597. The van der Waals surface area contributed by atoms with Crippen molar-refractivity contribution in [2.24, 2.45) is 0 Å². The maximum atomic E-state index is 11.1. The third-order valence-electron chi connectivity index (χ3n) is 1.66. The van der Waals surface area contributed by atoms with Crippen molar-refractivity contribution in [1.82, 2.24) is 5.32 Å². The van der Waals surface area contributed by atoms with Crippen LogP contribution in [-0.4, -0.2) is 23.0 Å². The minimum absolute atomic E-state index is 0.0417. The number of hydrogen-bond acceptors (Lipinski definition) is 3. The molecule has 0 aliphatic heterocycles. The van der Waals surface area contributed by atoms with Gasteiger partial charge in [-0.15, -0.1) is 0 Å². The summed E-state index contributed by atoms with van der Waals surface area (Å²) in [5.41, 5.74) is 0. The average Bonchev–Trinajstić information content (AvgIpc) is 2.02. The monoisotopic (exact) mass is 189 g/mol. The van der Waals surface area contributed by atoms with Gasteiger partial charge >= 0.3 is 0 Å². The zero-order valence-electron chi connectivity index (χ0n) is 7.63. The minimum atomic E-state index is -0.404. The van der Waals surface area contributed by atoms with E-state index in [0.717, 1.165) is 0 Å². The Kier molecular flexibility index (Phi) is 4.97. The molecule has 0 bridgehead atoms. The van der Waals surface area contributed by atoms with E-state index in [2.05, 4.69) is 17.9 Å². The average molecular weight is 189 g/mol. The van der Waals surface area contributed by atoms with Crippen molar-refractivity contribution in [2.75, 3.05) is 0 Å². The first-order valence-electron chi connectivity index (χ1n) is 3.98. The molecule has 0 heterocycles. The molecule has 1 amide bonds. The van der Waals surface area contributed by atoms with E-state index in [-0.39, 0.29) is 16.9 Å². The predicted molar refractivity (Wildman–Crippen MR) is 51.4 cm³/mol. The van der Waals surface area contributed by atoms with E-state index in [1.165, 1.54) is 6.92 Å². The molecule has 0 spiro atoms. The summed E-state index contributed by atoms with van der Waals surface area (Å²) < 4.78 is 0. The molecule has 0 saturated carbocycles. The molecule has 0 fully saturated rings. The topological polar surface area (TPSA) is 46.2 Å². The van der Waals surface area contributed by atoms with E-state index in [1.54, 1.807) is 6.92 Å². The van der Waals surface area contributed by atoms with Crippen LogP contribution in [0.4, 0.5) is 0 Å². The maximum Gasteiger partial charge on any atom is 0.233 e. The van der Waals surface area contributed by atoms with Crippen LogP contribution < -0.4 is 5.32 Å². The van der Waals surface area contributed by atoms with Crippen LogP contribution in [0.1, 0.15) is 27.2 Å². The van der Waals surface area contributed by atoms with E-state index < -0.39 is 6.04 Å². The first-order valence-corrected chi connectivity index (χ1v) is 4.49. The summed E-state index contributed by atoms with van der Waals surface area (Å²) in [6.45, 7) is 4.98. The van der Waals surface area contributed by atoms with Gasteiger partial charge in [0.05, 0.1) is 11.3 Å². The van der Waals surface area contributed by atoms with Crippen LogP contribution in [0.2, 0.25) is 0 Å². The molecule has 0 radical (unpaired) electrons. The minimum Gasteiger partial charge on any atom is -0.346 e. The number of thiol groups is 1. The van der Waals surface area contributed by atoms with Crippen molar-refractivity contribution in [3.05, 3.63) is 0 Å². The van der Waals surface area contributed by atoms with E-state index >= 15 is 0 Å². The van der Waals surface area contributed by atoms with Gasteiger partial charge < -0.3 is 5.32 Å². The van der Waals surface area contributed by atoms with Gasteiger partial charge in [0.1, 0.15) is 0 Å². The fourth-order valence-corrected chi connectivity index (χ4v) is 0.671. The van der Waals surface area contributed by atoms with Gasteiger partial charge in [0.15, 0.2) is 5.78 Å². The molecule has 0 aromatic heterocycles. The highest BCUT2D eigenvalue weighted by atomic mass is 32.1. The third-order valence-corrected chi connectivity index (χ3v) is 2.26. The lowest BCUT2D eigenvalue weighted by molar-refractivity contribution is -0.126. The Morgan fingerprint density at radius 1 is 1.50 bits per heavy atom. The van der Waals surface area contributed by atoms with Crippen molar-refractivity contribution >= 4 is 24.3 Å². The van der Waals surface area contributed by atoms with Crippen molar-refractivity contribution in [3.8, 4) is 0 Å². The van der Waals surface area contributed by atoms with Gasteiger partial charge in [-0.05, 0) is 20.3 Å². The molecule has 2 atom stereocenters. The predicted octanol–water partition coefficient (Wildman–Crippen LogP) is 0.789. The highest BCUT2D eigenvalue weighted by molar-refractivity contribution is 7.81. The lowest BCUT2D eigenvalue weighted by atomic mass is 10.2. The zero-order chi connectivity index (χ0) is 9.72. The molecule has 3 nitrogen and oxygen atoms in total. The Labute approximate surface area is 78.3 Å². The molecule has 0 saturated heterocycles. The van der Waals surface area contributed by atoms with E-state index in [1.807, 2.05) is 6.92 Å². The van der Waals surface area contributed by atoms with Crippen molar-refractivity contribution in [2.45, 2.75) is 38.5 Å². The number of amides is 1. The van der Waals surface area contributed by atoms with Crippen LogP contribution >= 0.6 is 12.6 Å². The molecule has 70 valence electrons. The Morgan fingerprint density at radius 2 is 2.00 bits per heavy atom. The van der Waals surface area contributed by atoms with Gasteiger partial charge in [-0.2, -0.15) is 12.6 Å². The number of carbonyl (C=O) groups excluding carboxylic acids is 2. The lowest BCUT2D eigenvalue weighted by Gasteiger charge is -2.13. The van der Waals surface area contributed by atoms with Crippen molar-refractivity contribution in [3.63, 3.8) is 0 Å². The van der Waals surface area contributed by atoms with Crippen LogP contribution in [0.5, 0.6) is 0 Å². The molecule has 0 aliphatic carbocycles. The van der Waals surface area contributed by atoms with Gasteiger partial charge in [0, 0.05) is 0 Å². The second kappa shape index (κ2) is 5.19. The second-order valence-electron chi connectivity index (χ2n) is 2.76. The molecule has 2 unspecified atom stereocenters. The molecule has 1 N–H and O–H groups in total. The van der Waals surface area contributed by atoms with Crippen LogP contribution in [-0.2, 0) is 9.59 Å². The molecule has 0 aromatic carbocycles. The number of nitrogens with one attached hydrogen (secondary N) is 1. The molecule has 4 heteroatoms. The van der Waals surface area contributed by atoms with Gasteiger partial charge in [0.25, 0.3) is 0 Å². The summed E-state index contributed by atoms with van der Waals surface area (Å²) in [5.74, 6) is -0.219. The smallest absolute Gasteiger partial charge is 0.233 e. The van der Waals surface area contributed by atoms with Gasteiger partial charge in [0.2, 0.25) is 5.91 Å².